The van der Waals surface area contributed by atoms with E-state index in [1.54, 1.807) is 6.20 Å². The number of anilines is 1. The molecule has 0 spiro atoms. The Kier molecular flexibility index (Phi) is 2.72. The number of hydrogen-bond acceptors (Lipinski definition) is 3. The predicted molar refractivity (Wildman–Crippen MR) is 60.3 cm³/mol. The number of nitrogen functional groups attached to an aromatic ring is 1. The summed E-state index contributed by atoms with van der Waals surface area (Å²) in [5.41, 5.74) is 7.41. The molecular weight excluding hydrogens is 188 g/mol. The smallest absolute Gasteiger partial charge is 0.194 e. The third kappa shape index (κ3) is 2.18. The maximum absolute atomic E-state index is 5.70. The zero-order valence-electron chi connectivity index (χ0n) is 8.73. The number of rotatable bonds is 3. The van der Waals surface area contributed by atoms with Crippen LogP contribution in [0.25, 0.3) is 11.3 Å². The number of hydrogen-bond donors (Lipinski definition) is 1. The molecule has 0 saturated carbocycles. The molecule has 1 aromatic carbocycles. The Morgan fingerprint density at radius 3 is 3.00 bits per heavy atom. The van der Waals surface area contributed by atoms with Crippen molar-refractivity contribution in [1.29, 1.82) is 0 Å². The van der Waals surface area contributed by atoms with E-state index < -0.39 is 0 Å². The Bertz CT molecular complexity index is 448. The summed E-state index contributed by atoms with van der Waals surface area (Å²) in [6.45, 7) is 2.10. The summed E-state index contributed by atoms with van der Waals surface area (Å²) >= 11 is 0. The minimum atomic E-state index is 0.737. The molecule has 0 fully saturated rings. The first-order valence-corrected chi connectivity index (χ1v) is 5.10. The van der Waals surface area contributed by atoms with Gasteiger partial charge in [-0.1, -0.05) is 19.1 Å². The van der Waals surface area contributed by atoms with E-state index in [9.17, 15) is 0 Å². The van der Waals surface area contributed by atoms with Gasteiger partial charge in [-0.15, -0.1) is 0 Å². The summed E-state index contributed by atoms with van der Waals surface area (Å²) in [4.78, 5) is 4.20. The topological polar surface area (TPSA) is 52.0 Å². The molecular formula is C12H14N2O. The lowest BCUT2D eigenvalue weighted by Crippen LogP contribution is -1.83. The van der Waals surface area contributed by atoms with E-state index in [1.807, 2.05) is 24.3 Å². The Morgan fingerprint density at radius 2 is 2.27 bits per heavy atom. The van der Waals surface area contributed by atoms with Crippen LogP contribution in [0.2, 0.25) is 0 Å². The van der Waals surface area contributed by atoms with Crippen molar-refractivity contribution in [2.75, 3.05) is 5.73 Å². The maximum atomic E-state index is 5.70. The summed E-state index contributed by atoms with van der Waals surface area (Å²) in [5, 5.41) is 0. The molecule has 2 aromatic rings. The fourth-order valence-electron chi connectivity index (χ4n) is 1.47. The van der Waals surface area contributed by atoms with Crippen LogP contribution in [-0.2, 0) is 6.42 Å². The highest BCUT2D eigenvalue weighted by Crippen LogP contribution is 2.22. The normalized spacial score (nSPS) is 10.5. The summed E-state index contributed by atoms with van der Waals surface area (Å²) in [6, 6.07) is 7.61. The van der Waals surface area contributed by atoms with Crippen LogP contribution in [0.4, 0.5) is 5.69 Å². The van der Waals surface area contributed by atoms with E-state index in [2.05, 4.69) is 11.9 Å². The molecule has 0 aliphatic carbocycles. The van der Waals surface area contributed by atoms with Crippen molar-refractivity contribution in [2.24, 2.45) is 0 Å². The molecule has 0 amide bonds. The molecule has 0 aliphatic heterocycles. The molecule has 0 saturated heterocycles. The number of nitrogens with zero attached hydrogens (tertiary/aromatic N) is 1. The fourth-order valence-corrected chi connectivity index (χ4v) is 1.47. The first kappa shape index (κ1) is 9.77. The maximum Gasteiger partial charge on any atom is 0.194 e. The van der Waals surface area contributed by atoms with Gasteiger partial charge in [-0.05, 0) is 18.6 Å². The van der Waals surface area contributed by atoms with Gasteiger partial charge < -0.3 is 10.2 Å². The van der Waals surface area contributed by atoms with E-state index in [0.717, 1.165) is 35.7 Å². The SMILES string of the molecule is CCCc1ncc(-c2cccc(N)c2)o1. The Balaban J connectivity index is 2.29. The zero-order chi connectivity index (χ0) is 10.7. The van der Waals surface area contributed by atoms with Crippen LogP contribution in [0.15, 0.2) is 34.9 Å². The Morgan fingerprint density at radius 1 is 1.40 bits per heavy atom. The standard InChI is InChI=1S/C12H14N2O/c1-2-4-12-14-8-11(15-12)9-5-3-6-10(13)7-9/h3,5-8H,2,4,13H2,1H3. The molecule has 3 heteroatoms. The molecule has 0 atom stereocenters. The molecule has 0 bridgehead atoms. The van der Waals surface area contributed by atoms with Gasteiger partial charge in [-0.3, -0.25) is 0 Å². The zero-order valence-corrected chi connectivity index (χ0v) is 8.73. The molecule has 0 radical (unpaired) electrons. The quantitative estimate of drug-likeness (QED) is 0.778. The van der Waals surface area contributed by atoms with Gasteiger partial charge in [0.1, 0.15) is 0 Å². The van der Waals surface area contributed by atoms with Gasteiger partial charge in [-0.2, -0.15) is 0 Å². The third-order valence-corrected chi connectivity index (χ3v) is 2.19. The van der Waals surface area contributed by atoms with Crippen molar-refractivity contribution in [1.82, 2.24) is 4.98 Å². The first-order chi connectivity index (χ1) is 7.29. The van der Waals surface area contributed by atoms with Gasteiger partial charge in [0, 0.05) is 17.7 Å². The second kappa shape index (κ2) is 4.17. The molecule has 1 heterocycles. The number of oxazole rings is 1. The van der Waals surface area contributed by atoms with Crippen LogP contribution in [0.1, 0.15) is 19.2 Å². The number of benzene rings is 1. The molecule has 2 N–H and O–H groups in total. The van der Waals surface area contributed by atoms with Gasteiger partial charge in [0.2, 0.25) is 0 Å². The van der Waals surface area contributed by atoms with Crippen LogP contribution < -0.4 is 5.73 Å². The first-order valence-electron chi connectivity index (χ1n) is 5.10. The Labute approximate surface area is 88.9 Å². The molecule has 0 aliphatic rings. The van der Waals surface area contributed by atoms with Gasteiger partial charge in [-0.25, -0.2) is 4.98 Å². The van der Waals surface area contributed by atoms with E-state index in [1.165, 1.54) is 0 Å². The summed E-state index contributed by atoms with van der Waals surface area (Å²) in [5.74, 6) is 1.57. The molecule has 0 unspecified atom stereocenters. The van der Waals surface area contributed by atoms with Crippen LogP contribution >= 0.6 is 0 Å². The van der Waals surface area contributed by atoms with E-state index in [0.29, 0.717) is 0 Å². The van der Waals surface area contributed by atoms with Crippen molar-refractivity contribution < 1.29 is 4.42 Å². The second-order valence-electron chi connectivity index (χ2n) is 3.49. The lowest BCUT2D eigenvalue weighted by Gasteiger charge is -1.97. The number of aryl methyl sites for hydroxylation is 1. The Hall–Kier alpha value is -1.77. The van der Waals surface area contributed by atoms with Crippen molar-refractivity contribution in [3.05, 3.63) is 36.4 Å². The molecule has 2 rings (SSSR count). The summed E-state index contributed by atoms with van der Waals surface area (Å²) in [6.07, 6.45) is 3.67. The molecule has 15 heavy (non-hydrogen) atoms. The molecule has 78 valence electrons. The summed E-state index contributed by atoms with van der Waals surface area (Å²) in [7, 11) is 0. The number of nitrogens with two attached hydrogens (primary N) is 1. The second-order valence-corrected chi connectivity index (χ2v) is 3.49. The summed E-state index contributed by atoms with van der Waals surface area (Å²) < 4.78 is 5.60. The van der Waals surface area contributed by atoms with Gasteiger partial charge in [0.05, 0.1) is 6.20 Å². The van der Waals surface area contributed by atoms with Crippen molar-refractivity contribution >= 4 is 5.69 Å². The van der Waals surface area contributed by atoms with Crippen LogP contribution in [-0.4, -0.2) is 4.98 Å². The monoisotopic (exact) mass is 202 g/mol. The minimum absolute atomic E-state index is 0.737. The third-order valence-electron chi connectivity index (χ3n) is 2.19. The van der Waals surface area contributed by atoms with Gasteiger partial charge >= 0.3 is 0 Å². The lowest BCUT2D eigenvalue weighted by atomic mass is 10.2. The molecule has 3 nitrogen and oxygen atoms in total. The highest BCUT2D eigenvalue weighted by Gasteiger charge is 2.05. The van der Waals surface area contributed by atoms with Crippen molar-refractivity contribution in [2.45, 2.75) is 19.8 Å². The fraction of sp³-hybridized carbons (Fsp3) is 0.250. The van der Waals surface area contributed by atoms with E-state index in [4.69, 9.17) is 10.2 Å². The average molecular weight is 202 g/mol. The average Bonchev–Trinajstić information content (AvgIpc) is 2.67. The van der Waals surface area contributed by atoms with Crippen LogP contribution in [0.5, 0.6) is 0 Å². The number of aromatic nitrogens is 1. The van der Waals surface area contributed by atoms with Crippen LogP contribution in [0, 0.1) is 0 Å². The van der Waals surface area contributed by atoms with E-state index in [-0.39, 0.29) is 0 Å². The lowest BCUT2D eigenvalue weighted by molar-refractivity contribution is 0.503. The van der Waals surface area contributed by atoms with Crippen molar-refractivity contribution in [3.8, 4) is 11.3 Å². The largest absolute Gasteiger partial charge is 0.441 e. The predicted octanol–water partition coefficient (Wildman–Crippen LogP) is 2.88. The molecule has 1 aromatic heterocycles. The highest BCUT2D eigenvalue weighted by molar-refractivity contribution is 5.61. The van der Waals surface area contributed by atoms with E-state index >= 15 is 0 Å². The van der Waals surface area contributed by atoms with Gasteiger partial charge in [0.15, 0.2) is 11.7 Å². The highest BCUT2D eigenvalue weighted by atomic mass is 16.4. The van der Waals surface area contributed by atoms with Gasteiger partial charge in [0.25, 0.3) is 0 Å². The minimum Gasteiger partial charge on any atom is -0.441 e. The van der Waals surface area contributed by atoms with Crippen molar-refractivity contribution in [3.63, 3.8) is 0 Å². The van der Waals surface area contributed by atoms with Crippen LogP contribution in [0.3, 0.4) is 0 Å².